The first-order chi connectivity index (χ1) is 7.49. The normalized spacial score (nSPS) is 10.6. The van der Waals surface area contributed by atoms with E-state index in [1.165, 1.54) is 6.07 Å². The molecule has 0 radical (unpaired) electrons. The van der Waals surface area contributed by atoms with Gasteiger partial charge >= 0.3 is 5.97 Å². The van der Waals surface area contributed by atoms with Gasteiger partial charge in [0.25, 0.3) is 5.56 Å². The minimum atomic E-state index is -1.25. The number of carboxylic acids is 1. The molecule has 0 spiro atoms. The highest BCUT2D eigenvalue weighted by Gasteiger charge is 2.11. The van der Waals surface area contributed by atoms with Gasteiger partial charge in [0.15, 0.2) is 0 Å². The molecule has 16 heavy (non-hydrogen) atoms. The van der Waals surface area contributed by atoms with E-state index in [4.69, 9.17) is 16.7 Å². The third-order valence-electron chi connectivity index (χ3n) is 2.28. The van der Waals surface area contributed by atoms with Crippen molar-refractivity contribution < 1.29 is 9.90 Å². The molecule has 0 aliphatic carbocycles. The Labute approximate surface area is 95.5 Å². The van der Waals surface area contributed by atoms with Gasteiger partial charge in [-0.15, -0.1) is 0 Å². The maximum Gasteiger partial charge on any atom is 0.341 e. The Morgan fingerprint density at radius 1 is 1.38 bits per heavy atom. The topological polar surface area (TPSA) is 70.2 Å². The van der Waals surface area contributed by atoms with Crippen LogP contribution in [0.5, 0.6) is 0 Å². The van der Waals surface area contributed by atoms with Crippen molar-refractivity contribution in [2.75, 3.05) is 0 Å². The molecule has 2 N–H and O–H groups in total. The second-order valence-electron chi connectivity index (χ2n) is 3.53. The van der Waals surface area contributed by atoms with Crippen molar-refractivity contribution in [3.05, 3.63) is 44.7 Å². The minimum Gasteiger partial charge on any atom is -0.477 e. The number of hydrogen-bond donors (Lipinski definition) is 2. The molecule has 0 aliphatic rings. The summed E-state index contributed by atoms with van der Waals surface area (Å²) in [5.74, 6) is -1.25. The van der Waals surface area contributed by atoms with Crippen LogP contribution in [0.4, 0.5) is 0 Å². The van der Waals surface area contributed by atoms with E-state index in [0.717, 1.165) is 5.56 Å². The highest BCUT2D eigenvalue weighted by atomic mass is 35.5. The number of fused-ring (bicyclic) bond motifs is 1. The van der Waals surface area contributed by atoms with Gasteiger partial charge in [-0.05, 0) is 30.7 Å². The maximum absolute atomic E-state index is 11.4. The van der Waals surface area contributed by atoms with Crippen LogP contribution in [0.1, 0.15) is 15.9 Å². The van der Waals surface area contributed by atoms with Crippen LogP contribution in [0.25, 0.3) is 10.9 Å². The quantitative estimate of drug-likeness (QED) is 0.799. The molecule has 0 unspecified atom stereocenters. The van der Waals surface area contributed by atoms with Gasteiger partial charge < -0.3 is 10.1 Å². The number of H-pyrrole nitrogens is 1. The van der Waals surface area contributed by atoms with Gasteiger partial charge in [0.05, 0.1) is 10.5 Å². The zero-order valence-electron chi connectivity index (χ0n) is 8.37. The highest BCUT2D eigenvalue weighted by molar-refractivity contribution is 6.35. The summed E-state index contributed by atoms with van der Waals surface area (Å²) < 4.78 is 0. The van der Waals surface area contributed by atoms with Gasteiger partial charge in [-0.1, -0.05) is 11.6 Å². The molecule has 2 aromatic rings. The average molecular weight is 238 g/mol. The summed E-state index contributed by atoms with van der Waals surface area (Å²) in [5, 5.41) is 9.83. The van der Waals surface area contributed by atoms with Crippen molar-refractivity contribution in [3.63, 3.8) is 0 Å². The number of nitrogens with one attached hydrogen (secondary N) is 1. The van der Waals surface area contributed by atoms with E-state index in [0.29, 0.717) is 15.9 Å². The number of carboxylic acid groups (broad SMARTS) is 1. The Hall–Kier alpha value is -1.81. The number of benzene rings is 1. The second-order valence-corrected chi connectivity index (χ2v) is 3.94. The molecule has 0 aliphatic heterocycles. The van der Waals surface area contributed by atoms with Gasteiger partial charge in [0, 0.05) is 5.39 Å². The second kappa shape index (κ2) is 3.64. The molecule has 5 heteroatoms. The fourth-order valence-electron chi connectivity index (χ4n) is 1.58. The number of aromatic carboxylic acids is 1. The van der Waals surface area contributed by atoms with Crippen molar-refractivity contribution in [1.29, 1.82) is 0 Å². The number of aromatic amines is 1. The monoisotopic (exact) mass is 237 g/mol. The zero-order valence-corrected chi connectivity index (χ0v) is 9.13. The van der Waals surface area contributed by atoms with Gasteiger partial charge in [0.2, 0.25) is 0 Å². The number of aromatic nitrogens is 1. The number of aryl methyl sites for hydroxylation is 1. The Bertz CT molecular complexity index is 645. The number of halogens is 1. The summed E-state index contributed by atoms with van der Waals surface area (Å²) in [7, 11) is 0. The first-order valence-electron chi connectivity index (χ1n) is 4.55. The van der Waals surface area contributed by atoms with Gasteiger partial charge in [0.1, 0.15) is 5.56 Å². The molecular formula is C11H8ClNO3. The van der Waals surface area contributed by atoms with Crippen LogP contribution in [0.15, 0.2) is 23.0 Å². The number of hydrogen-bond acceptors (Lipinski definition) is 2. The standard InChI is InChI=1S/C11H8ClNO3/c1-5-2-6-4-7(11(15)16)10(14)13-9(6)8(12)3-5/h2-4H,1H3,(H,13,14)(H,15,16). The summed E-state index contributed by atoms with van der Waals surface area (Å²) in [6, 6.07) is 4.80. The van der Waals surface area contributed by atoms with E-state index in [1.54, 1.807) is 12.1 Å². The summed E-state index contributed by atoms with van der Waals surface area (Å²) in [5.41, 5.74) is 0.433. The SMILES string of the molecule is Cc1cc(Cl)c2[nH]c(=O)c(C(=O)O)cc2c1. The van der Waals surface area contributed by atoms with E-state index < -0.39 is 11.5 Å². The van der Waals surface area contributed by atoms with E-state index in [-0.39, 0.29) is 5.56 Å². The van der Waals surface area contributed by atoms with Crippen molar-refractivity contribution in [3.8, 4) is 0 Å². The summed E-state index contributed by atoms with van der Waals surface area (Å²) in [6.45, 7) is 1.84. The Balaban J connectivity index is 2.90. The lowest BCUT2D eigenvalue weighted by Gasteiger charge is -2.03. The predicted octanol–water partition coefficient (Wildman–Crippen LogP) is 2.19. The summed E-state index contributed by atoms with van der Waals surface area (Å²) in [4.78, 5) is 24.7. The lowest BCUT2D eigenvalue weighted by atomic mass is 10.1. The van der Waals surface area contributed by atoms with Crippen LogP contribution < -0.4 is 5.56 Å². The zero-order chi connectivity index (χ0) is 11.9. The molecule has 0 amide bonds. The molecule has 0 saturated heterocycles. The lowest BCUT2D eigenvalue weighted by Crippen LogP contribution is -2.17. The van der Waals surface area contributed by atoms with Crippen molar-refractivity contribution in [2.45, 2.75) is 6.92 Å². The molecule has 1 aromatic carbocycles. The molecule has 1 aromatic heterocycles. The van der Waals surface area contributed by atoms with Crippen LogP contribution in [0.3, 0.4) is 0 Å². The fourth-order valence-corrected chi connectivity index (χ4v) is 1.90. The highest BCUT2D eigenvalue weighted by Crippen LogP contribution is 2.22. The van der Waals surface area contributed by atoms with Crippen molar-refractivity contribution >= 4 is 28.5 Å². The first-order valence-corrected chi connectivity index (χ1v) is 4.93. The van der Waals surface area contributed by atoms with Crippen LogP contribution in [-0.2, 0) is 0 Å². The van der Waals surface area contributed by atoms with Crippen molar-refractivity contribution in [2.24, 2.45) is 0 Å². The molecule has 0 atom stereocenters. The average Bonchev–Trinajstić information content (AvgIpc) is 2.18. The Kier molecular flexibility index (Phi) is 2.44. The third-order valence-corrected chi connectivity index (χ3v) is 2.58. The van der Waals surface area contributed by atoms with Crippen LogP contribution >= 0.6 is 11.6 Å². The smallest absolute Gasteiger partial charge is 0.341 e. The van der Waals surface area contributed by atoms with Gasteiger partial charge in [-0.3, -0.25) is 4.79 Å². The lowest BCUT2D eigenvalue weighted by molar-refractivity contribution is 0.0695. The predicted molar refractivity (Wildman–Crippen MR) is 61.3 cm³/mol. The van der Waals surface area contributed by atoms with E-state index in [1.807, 2.05) is 6.92 Å². The first kappa shape index (κ1) is 10.7. The number of pyridine rings is 1. The van der Waals surface area contributed by atoms with E-state index >= 15 is 0 Å². The Morgan fingerprint density at radius 2 is 2.06 bits per heavy atom. The fraction of sp³-hybridized carbons (Fsp3) is 0.0909. The maximum atomic E-state index is 11.4. The number of rotatable bonds is 1. The molecular weight excluding hydrogens is 230 g/mol. The minimum absolute atomic E-state index is 0.283. The molecule has 1 heterocycles. The molecule has 0 bridgehead atoms. The van der Waals surface area contributed by atoms with E-state index in [2.05, 4.69) is 4.98 Å². The summed E-state index contributed by atoms with van der Waals surface area (Å²) >= 11 is 5.95. The van der Waals surface area contributed by atoms with Crippen LogP contribution in [0, 0.1) is 6.92 Å². The van der Waals surface area contributed by atoms with Crippen LogP contribution in [0.2, 0.25) is 5.02 Å². The summed E-state index contributed by atoms with van der Waals surface area (Å²) in [6.07, 6.45) is 0. The van der Waals surface area contributed by atoms with Crippen molar-refractivity contribution in [1.82, 2.24) is 4.98 Å². The third kappa shape index (κ3) is 1.67. The largest absolute Gasteiger partial charge is 0.477 e. The molecule has 0 saturated carbocycles. The molecule has 2 rings (SSSR count). The molecule has 4 nitrogen and oxygen atoms in total. The number of carbonyl (C=O) groups is 1. The molecule has 82 valence electrons. The van der Waals surface area contributed by atoms with Crippen LogP contribution in [-0.4, -0.2) is 16.1 Å². The van der Waals surface area contributed by atoms with Gasteiger partial charge in [-0.2, -0.15) is 0 Å². The Morgan fingerprint density at radius 3 is 2.69 bits per heavy atom. The van der Waals surface area contributed by atoms with E-state index in [9.17, 15) is 9.59 Å². The van der Waals surface area contributed by atoms with Gasteiger partial charge in [-0.25, -0.2) is 4.79 Å². The molecule has 0 fully saturated rings.